The van der Waals surface area contributed by atoms with Crippen LogP contribution in [-0.4, -0.2) is 55.8 Å². The molecule has 1 N–H and O–H groups in total. The Morgan fingerprint density at radius 2 is 1.59 bits per heavy atom. The lowest BCUT2D eigenvalue weighted by Gasteiger charge is -2.36. The quantitative estimate of drug-likeness (QED) is 0.756. The molecule has 2 aromatic rings. The van der Waals surface area contributed by atoms with E-state index in [0.717, 1.165) is 11.1 Å². The average Bonchev–Trinajstić information content (AvgIpc) is 2.77. The first-order chi connectivity index (χ1) is 14.0. The lowest BCUT2D eigenvalue weighted by molar-refractivity contribution is -0.126. The summed E-state index contributed by atoms with van der Waals surface area (Å²) in [7, 11) is -3.47. The summed E-state index contributed by atoms with van der Waals surface area (Å²) in [6.07, 6.45) is 1.61. The van der Waals surface area contributed by atoms with Gasteiger partial charge in [-0.15, -0.1) is 0 Å². The third-order valence-corrected chi connectivity index (χ3v) is 6.67. The fraction of sp³-hybridized carbons (Fsp3) is 0.318. The number of hydrogen-bond acceptors (Lipinski definition) is 4. The standard InChI is InChI=1S/C22H27N3O3S/c1-19(22(26)23-18-21-10-6-3-7-11-21)24-13-15-25(16-14-24)29(27,28)17-12-20-8-4-2-5-9-20/h2-12,17,19H,13-16,18H2,1H3,(H,23,26)/b17-12+. The maximum Gasteiger partial charge on any atom is 0.237 e. The summed E-state index contributed by atoms with van der Waals surface area (Å²) in [5, 5.41) is 4.21. The lowest BCUT2D eigenvalue weighted by atomic mass is 10.2. The topological polar surface area (TPSA) is 69.7 Å². The van der Waals surface area contributed by atoms with Gasteiger partial charge in [0.05, 0.1) is 6.04 Å². The van der Waals surface area contributed by atoms with Gasteiger partial charge in [-0.05, 0) is 24.1 Å². The molecule has 7 heteroatoms. The van der Waals surface area contributed by atoms with Crippen LogP contribution in [0, 0.1) is 0 Å². The number of sulfonamides is 1. The number of nitrogens with zero attached hydrogens (tertiary/aromatic N) is 2. The van der Waals surface area contributed by atoms with Crippen LogP contribution < -0.4 is 5.32 Å². The van der Waals surface area contributed by atoms with Crippen molar-refractivity contribution in [3.05, 3.63) is 77.2 Å². The molecule has 0 bridgehead atoms. The molecule has 1 aliphatic rings. The largest absolute Gasteiger partial charge is 0.351 e. The molecule has 1 atom stereocenters. The molecular formula is C22H27N3O3S. The van der Waals surface area contributed by atoms with E-state index in [4.69, 9.17) is 0 Å². The Morgan fingerprint density at radius 3 is 2.21 bits per heavy atom. The third kappa shape index (κ3) is 6.00. The molecule has 0 radical (unpaired) electrons. The summed E-state index contributed by atoms with van der Waals surface area (Å²) < 4.78 is 26.6. The zero-order valence-electron chi connectivity index (χ0n) is 16.6. The second-order valence-corrected chi connectivity index (χ2v) is 8.89. The summed E-state index contributed by atoms with van der Waals surface area (Å²) in [6.45, 7) is 4.15. The molecule has 154 valence electrons. The second kappa shape index (κ2) is 9.82. The van der Waals surface area contributed by atoms with Gasteiger partial charge in [0.15, 0.2) is 0 Å². The van der Waals surface area contributed by atoms with Crippen LogP contribution in [0.2, 0.25) is 0 Å². The average molecular weight is 414 g/mol. The van der Waals surface area contributed by atoms with Crippen LogP contribution in [-0.2, 0) is 21.4 Å². The molecule has 1 aliphatic heterocycles. The molecule has 1 amide bonds. The van der Waals surface area contributed by atoms with Crippen LogP contribution in [0.5, 0.6) is 0 Å². The predicted molar refractivity (Wildman–Crippen MR) is 115 cm³/mol. The predicted octanol–water partition coefficient (Wildman–Crippen LogP) is 2.31. The van der Waals surface area contributed by atoms with E-state index in [1.54, 1.807) is 6.08 Å². The molecule has 1 unspecified atom stereocenters. The van der Waals surface area contributed by atoms with E-state index in [0.29, 0.717) is 32.7 Å². The Hall–Kier alpha value is -2.48. The van der Waals surface area contributed by atoms with Crippen molar-refractivity contribution in [2.75, 3.05) is 26.2 Å². The molecule has 0 aromatic heterocycles. The van der Waals surface area contributed by atoms with Crippen LogP contribution in [0.4, 0.5) is 0 Å². The van der Waals surface area contributed by atoms with Crippen molar-refractivity contribution in [1.82, 2.24) is 14.5 Å². The van der Waals surface area contributed by atoms with Crippen molar-refractivity contribution in [1.29, 1.82) is 0 Å². The molecule has 1 heterocycles. The molecule has 6 nitrogen and oxygen atoms in total. The highest BCUT2D eigenvalue weighted by Gasteiger charge is 2.29. The first-order valence-electron chi connectivity index (χ1n) is 9.75. The van der Waals surface area contributed by atoms with E-state index in [9.17, 15) is 13.2 Å². The molecule has 29 heavy (non-hydrogen) atoms. The Morgan fingerprint density at radius 1 is 1.00 bits per heavy atom. The number of hydrogen-bond donors (Lipinski definition) is 1. The Bertz CT molecular complexity index is 922. The van der Waals surface area contributed by atoms with Gasteiger partial charge >= 0.3 is 0 Å². The molecule has 0 saturated carbocycles. The molecule has 3 rings (SSSR count). The van der Waals surface area contributed by atoms with E-state index in [1.807, 2.05) is 72.5 Å². The van der Waals surface area contributed by atoms with Gasteiger partial charge in [0.1, 0.15) is 0 Å². The summed E-state index contributed by atoms with van der Waals surface area (Å²) in [5.41, 5.74) is 1.90. The number of nitrogens with one attached hydrogen (secondary N) is 1. The minimum atomic E-state index is -3.47. The summed E-state index contributed by atoms with van der Waals surface area (Å²) >= 11 is 0. The Balaban J connectivity index is 1.50. The van der Waals surface area contributed by atoms with Gasteiger partial charge in [0.2, 0.25) is 15.9 Å². The van der Waals surface area contributed by atoms with Crippen LogP contribution in [0.25, 0.3) is 6.08 Å². The van der Waals surface area contributed by atoms with Gasteiger partial charge in [-0.2, -0.15) is 4.31 Å². The summed E-state index contributed by atoms with van der Waals surface area (Å²) in [6, 6.07) is 18.8. The SMILES string of the molecule is CC(C(=O)NCc1ccccc1)N1CCN(S(=O)(=O)/C=C/c2ccccc2)CC1. The smallest absolute Gasteiger partial charge is 0.237 e. The third-order valence-electron chi connectivity index (χ3n) is 5.10. The highest BCUT2D eigenvalue weighted by Crippen LogP contribution is 2.13. The number of rotatable bonds is 7. The normalized spacial score (nSPS) is 17.3. The van der Waals surface area contributed by atoms with Gasteiger partial charge in [-0.1, -0.05) is 60.7 Å². The van der Waals surface area contributed by atoms with Gasteiger partial charge < -0.3 is 5.32 Å². The van der Waals surface area contributed by atoms with Crippen molar-refractivity contribution < 1.29 is 13.2 Å². The molecule has 1 saturated heterocycles. The zero-order valence-corrected chi connectivity index (χ0v) is 17.4. The number of amides is 1. The van der Waals surface area contributed by atoms with E-state index in [-0.39, 0.29) is 11.9 Å². The molecule has 1 fully saturated rings. The minimum Gasteiger partial charge on any atom is -0.351 e. The first kappa shape index (κ1) is 21.2. The lowest BCUT2D eigenvalue weighted by Crippen LogP contribution is -2.54. The van der Waals surface area contributed by atoms with Crippen molar-refractivity contribution in [3.63, 3.8) is 0 Å². The van der Waals surface area contributed by atoms with Crippen molar-refractivity contribution in [2.24, 2.45) is 0 Å². The van der Waals surface area contributed by atoms with Gasteiger partial charge in [0, 0.05) is 38.1 Å². The number of piperazine rings is 1. The molecule has 0 aliphatic carbocycles. The van der Waals surface area contributed by atoms with Gasteiger partial charge in [0.25, 0.3) is 0 Å². The fourth-order valence-corrected chi connectivity index (χ4v) is 4.43. The fourth-order valence-electron chi connectivity index (χ4n) is 3.26. The van der Waals surface area contributed by atoms with E-state index in [1.165, 1.54) is 9.71 Å². The molecular weight excluding hydrogens is 386 g/mol. The van der Waals surface area contributed by atoms with Crippen molar-refractivity contribution in [2.45, 2.75) is 19.5 Å². The van der Waals surface area contributed by atoms with E-state index in [2.05, 4.69) is 5.32 Å². The Kier molecular flexibility index (Phi) is 7.19. The van der Waals surface area contributed by atoms with Crippen molar-refractivity contribution in [3.8, 4) is 0 Å². The summed E-state index contributed by atoms with van der Waals surface area (Å²) in [5.74, 6) is -0.0471. The van der Waals surface area contributed by atoms with E-state index >= 15 is 0 Å². The maximum absolute atomic E-state index is 12.6. The number of carbonyl (C=O) groups is 1. The molecule has 0 spiro atoms. The van der Waals surface area contributed by atoms with E-state index < -0.39 is 10.0 Å². The monoisotopic (exact) mass is 413 g/mol. The molecule has 2 aromatic carbocycles. The van der Waals surface area contributed by atoms with Gasteiger partial charge in [-0.3, -0.25) is 9.69 Å². The number of benzene rings is 2. The van der Waals surface area contributed by atoms with Gasteiger partial charge in [-0.25, -0.2) is 8.42 Å². The maximum atomic E-state index is 12.6. The Labute approximate surface area is 172 Å². The highest BCUT2D eigenvalue weighted by atomic mass is 32.2. The summed E-state index contributed by atoms with van der Waals surface area (Å²) in [4.78, 5) is 14.5. The van der Waals surface area contributed by atoms with Crippen molar-refractivity contribution >= 4 is 22.0 Å². The first-order valence-corrected chi connectivity index (χ1v) is 11.2. The van der Waals surface area contributed by atoms with Crippen LogP contribution >= 0.6 is 0 Å². The second-order valence-electron chi connectivity index (χ2n) is 7.07. The van der Waals surface area contributed by atoms with Crippen LogP contribution in [0.3, 0.4) is 0 Å². The van der Waals surface area contributed by atoms with Crippen LogP contribution in [0.1, 0.15) is 18.1 Å². The van der Waals surface area contributed by atoms with Crippen LogP contribution in [0.15, 0.2) is 66.1 Å². The zero-order chi connectivity index (χ0) is 20.7. The highest BCUT2D eigenvalue weighted by molar-refractivity contribution is 7.92. The minimum absolute atomic E-state index is 0.0471. The number of carbonyl (C=O) groups excluding carboxylic acids is 1.